The zero-order valence-electron chi connectivity index (χ0n) is 13.3. The minimum absolute atomic E-state index is 0.119. The van der Waals surface area contributed by atoms with Gasteiger partial charge in [-0.3, -0.25) is 10.1 Å². The van der Waals surface area contributed by atoms with E-state index in [1.807, 2.05) is 42.7 Å². The van der Waals surface area contributed by atoms with E-state index in [4.69, 9.17) is 0 Å². The molecule has 0 radical (unpaired) electrons. The van der Waals surface area contributed by atoms with Crippen LogP contribution in [-0.2, 0) is 0 Å². The van der Waals surface area contributed by atoms with Crippen LogP contribution in [0.15, 0.2) is 47.4 Å². The van der Waals surface area contributed by atoms with E-state index >= 15 is 0 Å². The summed E-state index contributed by atoms with van der Waals surface area (Å²) in [6.07, 6.45) is 2.00. The van der Waals surface area contributed by atoms with Crippen LogP contribution >= 0.6 is 23.1 Å². The number of nitrogens with one attached hydrogen (secondary N) is 1. The predicted molar refractivity (Wildman–Crippen MR) is 99.9 cm³/mol. The van der Waals surface area contributed by atoms with Gasteiger partial charge in [-0.15, -0.1) is 11.8 Å². The van der Waals surface area contributed by atoms with Crippen molar-refractivity contribution in [3.63, 3.8) is 0 Å². The van der Waals surface area contributed by atoms with Crippen molar-refractivity contribution in [1.82, 2.24) is 4.98 Å². The third kappa shape index (κ3) is 3.41. The smallest absolute Gasteiger partial charge is 0.257 e. The molecule has 0 fully saturated rings. The van der Waals surface area contributed by atoms with E-state index in [0.717, 1.165) is 15.1 Å². The maximum Gasteiger partial charge on any atom is 0.257 e. The average molecular weight is 342 g/mol. The lowest BCUT2D eigenvalue weighted by molar-refractivity contribution is 0.102. The Morgan fingerprint density at radius 2 is 2.00 bits per heavy atom. The Hall–Kier alpha value is -1.85. The molecule has 0 saturated carbocycles. The molecule has 2 aromatic carbocycles. The number of fused-ring (bicyclic) bond motifs is 1. The normalized spacial score (nSPS) is 11.1. The number of thioether (sulfide) groups is 1. The molecule has 0 spiro atoms. The van der Waals surface area contributed by atoms with Gasteiger partial charge in [0.2, 0.25) is 0 Å². The Bertz CT molecular complexity index is 855. The predicted octanol–water partition coefficient (Wildman–Crippen LogP) is 5.39. The van der Waals surface area contributed by atoms with Crippen LogP contribution in [0.2, 0.25) is 0 Å². The van der Waals surface area contributed by atoms with Gasteiger partial charge in [0.25, 0.3) is 5.91 Å². The molecule has 0 unspecified atom stereocenters. The Kier molecular flexibility index (Phi) is 4.68. The van der Waals surface area contributed by atoms with Crippen molar-refractivity contribution < 1.29 is 4.79 Å². The molecular formula is C18H18N2OS2. The van der Waals surface area contributed by atoms with Crippen LogP contribution in [0.3, 0.4) is 0 Å². The van der Waals surface area contributed by atoms with E-state index in [2.05, 4.69) is 30.2 Å². The molecule has 3 nitrogen and oxygen atoms in total. The Morgan fingerprint density at radius 3 is 2.74 bits per heavy atom. The number of nitrogens with zero attached hydrogens (tertiary/aromatic N) is 1. The van der Waals surface area contributed by atoms with Crippen LogP contribution in [0.25, 0.3) is 10.2 Å². The second-order valence-corrected chi connectivity index (χ2v) is 7.46. The summed E-state index contributed by atoms with van der Waals surface area (Å²) in [6.45, 7) is 4.31. The molecule has 3 aromatic rings. The third-order valence-electron chi connectivity index (χ3n) is 3.62. The van der Waals surface area contributed by atoms with Gasteiger partial charge in [-0.1, -0.05) is 43.4 Å². The van der Waals surface area contributed by atoms with Gasteiger partial charge in [-0.05, 0) is 42.0 Å². The summed E-state index contributed by atoms with van der Waals surface area (Å²) < 4.78 is 1.10. The molecule has 5 heteroatoms. The molecule has 1 amide bonds. The number of thiazole rings is 1. The lowest BCUT2D eigenvalue weighted by Crippen LogP contribution is -2.11. The SMILES string of the molecule is CSc1cccc(C(=O)Nc2nc3c(C(C)C)cccc3s2)c1. The lowest BCUT2D eigenvalue weighted by Gasteiger charge is -2.05. The number of aromatic nitrogens is 1. The van der Waals surface area contributed by atoms with E-state index < -0.39 is 0 Å². The number of benzene rings is 2. The number of rotatable bonds is 4. The summed E-state index contributed by atoms with van der Waals surface area (Å²) in [5.41, 5.74) is 2.85. The van der Waals surface area contributed by atoms with Gasteiger partial charge in [-0.25, -0.2) is 4.98 Å². The number of carbonyl (C=O) groups excluding carboxylic acids is 1. The van der Waals surface area contributed by atoms with Crippen molar-refractivity contribution in [2.75, 3.05) is 11.6 Å². The van der Waals surface area contributed by atoms with Crippen LogP contribution in [0, 0.1) is 0 Å². The van der Waals surface area contributed by atoms with Gasteiger partial charge in [0.15, 0.2) is 5.13 Å². The van der Waals surface area contributed by atoms with Crippen molar-refractivity contribution in [3.8, 4) is 0 Å². The van der Waals surface area contributed by atoms with Crippen molar-refractivity contribution in [2.24, 2.45) is 0 Å². The molecule has 1 N–H and O–H groups in total. The molecule has 1 aromatic heterocycles. The number of amides is 1. The topological polar surface area (TPSA) is 42.0 Å². The highest BCUT2D eigenvalue weighted by Gasteiger charge is 2.13. The zero-order valence-corrected chi connectivity index (χ0v) is 14.9. The first-order valence-corrected chi connectivity index (χ1v) is 9.47. The van der Waals surface area contributed by atoms with Gasteiger partial charge in [0.05, 0.1) is 10.2 Å². The molecule has 0 atom stereocenters. The number of para-hydroxylation sites is 1. The summed E-state index contributed by atoms with van der Waals surface area (Å²) in [4.78, 5) is 18.1. The van der Waals surface area contributed by atoms with E-state index in [1.54, 1.807) is 11.8 Å². The van der Waals surface area contributed by atoms with Gasteiger partial charge < -0.3 is 0 Å². The second-order valence-electron chi connectivity index (χ2n) is 5.55. The van der Waals surface area contributed by atoms with Crippen molar-refractivity contribution in [1.29, 1.82) is 0 Å². The van der Waals surface area contributed by atoms with E-state index in [1.165, 1.54) is 16.9 Å². The fourth-order valence-corrected chi connectivity index (χ4v) is 3.78. The summed E-state index contributed by atoms with van der Waals surface area (Å²) in [5.74, 6) is 0.286. The van der Waals surface area contributed by atoms with Crippen LogP contribution in [0.5, 0.6) is 0 Å². The average Bonchev–Trinajstić information content (AvgIpc) is 2.96. The second kappa shape index (κ2) is 6.72. The number of anilines is 1. The lowest BCUT2D eigenvalue weighted by atomic mass is 10.0. The summed E-state index contributed by atoms with van der Waals surface area (Å²) >= 11 is 3.14. The van der Waals surface area contributed by atoms with Crippen molar-refractivity contribution in [2.45, 2.75) is 24.7 Å². The highest BCUT2D eigenvalue weighted by Crippen LogP contribution is 2.31. The largest absolute Gasteiger partial charge is 0.298 e. The summed E-state index contributed by atoms with van der Waals surface area (Å²) in [5, 5.41) is 3.57. The first kappa shape index (κ1) is 16.0. The fraction of sp³-hybridized carbons (Fsp3) is 0.222. The molecule has 118 valence electrons. The van der Waals surface area contributed by atoms with E-state index in [9.17, 15) is 4.79 Å². The highest BCUT2D eigenvalue weighted by molar-refractivity contribution is 7.98. The minimum atomic E-state index is -0.119. The van der Waals surface area contributed by atoms with Crippen LogP contribution in [0.1, 0.15) is 35.7 Å². The summed E-state index contributed by atoms with van der Waals surface area (Å²) in [7, 11) is 0. The Balaban J connectivity index is 1.89. The van der Waals surface area contributed by atoms with Crippen molar-refractivity contribution >= 4 is 44.4 Å². The molecule has 0 aliphatic carbocycles. The van der Waals surface area contributed by atoms with Crippen LogP contribution in [0.4, 0.5) is 5.13 Å². The number of hydrogen-bond donors (Lipinski definition) is 1. The third-order valence-corrected chi connectivity index (χ3v) is 5.29. The molecule has 0 bridgehead atoms. The monoisotopic (exact) mass is 342 g/mol. The molecular weight excluding hydrogens is 324 g/mol. The zero-order chi connectivity index (χ0) is 16.4. The standard InChI is InChI=1S/C18H18N2OS2/c1-11(2)14-8-5-9-15-16(14)19-18(23-15)20-17(21)12-6-4-7-13(10-12)22-3/h4-11H,1-3H3,(H,19,20,21). The molecule has 0 aliphatic rings. The van der Waals surface area contributed by atoms with E-state index in [-0.39, 0.29) is 5.91 Å². The highest BCUT2D eigenvalue weighted by atomic mass is 32.2. The first-order valence-electron chi connectivity index (χ1n) is 7.43. The summed E-state index contributed by atoms with van der Waals surface area (Å²) in [6, 6.07) is 13.8. The van der Waals surface area contributed by atoms with Crippen LogP contribution in [-0.4, -0.2) is 17.1 Å². The fourth-order valence-electron chi connectivity index (χ4n) is 2.42. The first-order chi connectivity index (χ1) is 11.1. The molecule has 23 heavy (non-hydrogen) atoms. The van der Waals surface area contributed by atoms with Crippen molar-refractivity contribution in [3.05, 3.63) is 53.6 Å². The molecule has 1 heterocycles. The maximum absolute atomic E-state index is 12.4. The van der Waals surface area contributed by atoms with Crippen LogP contribution < -0.4 is 5.32 Å². The number of carbonyl (C=O) groups is 1. The Morgan fingerprint density at radius 1 is 1.22 bits per heavy atom. The van der Waals surface area contributed by atoms with Gasteiger partial charge in [-0.2, -0.15) is 0 Å². The van der Waals surface area contributed by atoms with E-state index in [0.29, 0.717) is 16.6 Å². The minimum Gasteiger partial charge on any atom is -0.298 e. The quantitative estimate of drug-likeness (QED) is 0.646. The van der Waals surface area contributed by atoms with Gasteiger partial charge in [0.1, 0.15) is 0 Å². The van der Waals surface area contributed by atoms with Gasteiger partial charge >= 0.3 is 0 Å². The maximum atomic E-state index is 12.4. The molecule has 3 rings (SSSR count). The van der Waals surface area contributed by atoms with Gasteiger partial charge in [0, 0.05) is 10.5 Å². The molecule has 0 saturated heterocycles. The molecule has 0 aliphatic heterocycles. The Labute approximate surface area is 144 Å². The number of hydrogen-bond acceptors (Lipinski definition) is 4.